The molecule has 0 unspecified atom stereocenters. The van der Waals surface area contributed by atoms with Crippen molar-refractivity contribution in [1.29, 1.82) is 0 Å². The van der Waals surface area contributed by atoms with Crippen LogP contribution in [0.5, 0.6) is 0 Å². The van der Waals surface area contributed by atoms with Crippen LogP contribution in [0.1, 0.15) is 33.7 Å². The van der Waals surface area contributed by atoms with Gasteiger partial charge >= 0.3 is 0 Å². The molecule has 0 bridgehead atoms. The molecule has 1 N–H and O–H groups in total. The Bertz CT molecular complexity index is 616. The number of carbonyl (C=O) groups excluding carboxylic acids is 1. The van der Waals surface area contributed by atoms with E-state index in [1.165, 1.54) is 0 Å². The first kappa shape index (κ1) is 15.4. The van der Waals surface area contributed by atoms with Crippen molar-refractivity contribution >= 4 is 23.1 Å². The van der Waals surface area contributed by atoms with Gasteiger partial charge in [0.05, 0.1) is 17.2 Å². The fourth-order valence-electron chi connectivity index (χ4n) is 2.04. The summed E-state index contributed by atoms with van der Waals surface area (Å²) >= 11 is 1.60. The van der Waals surface area contributed by atoms with Crippen molar-refractivity contribution in [2.75, 3.05) is 19.4 Å². The van der Waals surface area contributed by atoms with E-state index in [2.05, 4.69) is 15.3 Å². The molecule has 112 valence electrons. The zero-order valence-electron chi connectivity index (χ0n) is 12.8. The van der Waals surface area contributed by atoms with E-state index >= 15 is 0 Å². The van der Waals surface area contributed by atoms with E-state index in [0.29, 0.717) is 12.1 Å². The van der Waals surface area contributed by atoms with Crippen LogP contribution in [0.15, 0.2) is 17.5 Å². The second kappa shape index (κ2) is 6.67. The summed E-state index contributed by atoms with van der Waals surface area (Å²) in [6.45, 7) is 4.51. The van der Waals surface area contributed by atoms with Crippen LogP contribution in [0.2, 0.25) is 0 Å². The van der Waals surface area contributed by atoms with Crippen molar-refractivity contribution in [1.82, 2.24) is 14.9 Å². The first-order chi connectivity index (χ1) is 10.0. The molecule has 2 rings (SSSR count). The topological polar surface area (TPSA) is 58.1 Å². The SMILES string of the molecule is CCc1cc(C(=O)N(C)Cc2csc(C)n2)cc(NC)n1. The van der Waals surface area contributed by atoms with E-state index in [4.69, 9.17) is 0 Å². The van der Waals surface area contributed by atoms with Gasteiger partial charge in [0.1, 0.15) is 5.82 Å². The van der Waals surface area contributed by atoms with Crippen molar-refractivity contribution in [3.8, 4) is 0 Å². The second-order valence-electron chi connectivity index (χ2n) is 4.86. The predicted octanol–water partition coefficient (Wildman–Crippen LogP) is 2.72. The standard InChI is InChI=1S/C15H20N4OS/c1-5-12-6-11(7-14(16-3)18-12)15(20)19(4)8-13-9-21-10(2)17-13/h6-7,9H,5,8H2,1-4H3,(H,16,18). The molecule has 0 atom stereocenters. The minimum Gasteiger partial charge on any atom is -0.373 e. The molecule has 0 spiro atoms. The van der Waals surface area contributed by atoms with Gasteiger partial charge in [-0.3, -0.25) is 4.79 Å². The number of hydrogen-bond donors (Lipinski definition) is 1. The molecule has 0 saturated heterocycles. The molecule has 21 heavy (non-hydrogen) atoms. The van der Waals surface area contributed by atoms with Crippen LogP contribution in [-0.2, 0) is 13.0 Å². The van der Waals surface area contributed by atoms with Gasteiger partial charge in [-0.05, 0) is 25.5 Å². The predicted molar refractivity (Wildman–Crippen MR) is 85.8 cm³/mol. The van der Waals surface area contributed by atoms with Crippen LogP contribution in [-0.4, -0.2) is 34.9 Å². The van der Waals surface area contributed by atoms with Crippen molar-refractivity contribution in [2.24, 2.45) is 0 Å². The van der Waals surface area contributed by atoms with Crippen LogP contribution < -0.4 is 5.32 Å². The molecule has 0 aromatic carbocycles. The van der Waals surface area contributed by atoms with Crippen molar-refractivity contribution < 1.29 is 4.79 Å². The number of carbonyl (C=O) groups is 1. The van der Waals surface area contributed by atoms with Crippen LogP contribution in [0, 0.1) is 6.92 Å². The van der Waals surface area contributed by atoms with Crippen LogP contribution >= 0.6 is 11.3 Å². The summed E-state index contributed by atoms with van der Waals surface area (Å²) in [6.07, 6.45) is 0.796. The highest BCUT2D eigenvalue weighted by Crippen LogP contribution is 2.15. The van der Waals surface area contributed by atoms with Crippen molar-refractivity contribution in [2.45, 2.75) is 26.8 Å². The van der Waals surface area contributed by atoms with Gasteiger partial charge < -0.3 is 10.2 Å². The lowest BCUT2D eigenvalue weighted by Gasteiger charge is -2.17. The van der Waals surface area contributed by atoms with Gasteiger partial charge in [0, 0.05) is 30.7 Å². The molecule has 0 radical (unpaired) electrons. The number of pyridine rings is 1. The molecule has 0 aliphatic heterocycles. The molecule has 2 aromatic rings. The number of nitrogens with zero attached hydrogens (tertiary/aromatic N) is 3. The molecule has 0 aliphatic carbocycles. The molecular formula is C15H20N4OS. The third-order valence-corrected chi connectivity index (χ3v) is 3.98. The van der Waals surface area contributed by atoms with Gasteiger partial charge in [0.15, 0.2) is 0 Å². The zero-order chi connectivity index (χ0) is 15.4. The quantitative estimate of drug-likeness (QED) is 0.923. The van der Waals surface area contributed by atoms with Gasteiger partial charge in [-0.1, -0.05) is 6.92 Å². The normalized spacial score (nSPS) is 10.5. The summed E-state index contributed by atoms with van der Waals surface area (Å²) < 4.78 is 0. The highest BCUT2D eigenvalue weighted by Gasteiger charge is 2.15. The van der Waals surface area contributed by atoms with E-state index in [1.807, 2.05) is 25.3 Å². The third-order valence-electron chi connectivity index (χ3n) is 3.16. The van der Waals surface area contributed by atoms with E-state index in [-0.39, 0.29) is 5.91 Å². The fourth-order valence-corrected chi connectivity index (χ4v) is 2.64. The smallest absolute Gasteiger partial charge is 0.254 e. The Balaban J connectivity index is 2.18. The van der Waals surface area contributed by atoms with Gasteiger partial charge in [-0.25, -0.2) is 9.97 Å². The first-order valence-corrected chi connectivity index (χ1v) is 7.76. The Morgan fingerprint density at radius 1 is 1.33 bits per heavy atom. The summed E-state index contributed by atoms with van der Waals surface area (Å²) in [5.74, 6) is 0.699. The monoisotopic (exact) mass is 304 g/mol. The Labute approximate surface area is 129 Å². The van der Waals surface area contributed by atoms with Crippen LogP contribution in [0.25, 0.3) is 0 Å². The number of rotatable bonds is 5. The Morgan fingerprint density at radius 2 is 2.10 bits per heavy atom. The van der Waals surface area contributed by atoms with Gasteiger partial charge in [-0.15, -0.1) is 11.3 Å². The van der Waals surface area contributed by atoms with E-state index in [0.717, 1.165) is 28.6 Å². The Kier molecular flexibility index (Phi) is 4.90. The maximum Gasteiger partial charge on any atom is 0.254 e. The van der Waals surface area contributed by atoms with Gasteiger partial charge in [-0.2, -0.15) is 0 Å². The molecular weight excluding hydrogens is 284 g/mol. The average Bonchev–Trinajstić information content (AvgIpc) is 2.90. The molecule has 2 heterocycles. The highest BCUT2D eigenvalue weighted by molar-refractivity contribution is 7.09. The minimum absolute atomic E-state index is 0.0192. The molecule has 6 heteroatoms. The maximum absolute atomic E-state index is 12.5. The fraction of sp³-hybridized carbons (Fsp3) is 0.400. The van der Waals surface area contributed by atoms with Crippen molar-refractivity contribution in [3.63, 3.8) is 0 Å². The zero-order valence-corrected chi connectivity index (χ0v) is 13.6. The minimum atomic E-state index is -0.0192. The van der Waals surface area contributed by atoms with E-state index in [1.54, 1.807) is 36.4 Å². The largest absolute Gasteiger partial charge is 0.373 e. The number of amides is 1. The molecule has 0 aliphatic rings. The summed E-state index contributed by atoms with van der Waals surface area (Å²) in [4.78, 5) is 23.0. The van der Waals surface area contributed by atoms with Gasteiger partial charge in [0.25, 0.3) is 5.91 Å². The van der Waals surface area contributed by atoms with E-state index in [9.17, 15) is 4.79 Å². The lowest BCUT2D eigenvalue weighted by molar-refractivity contribution is 0.0783. The molecule has 1 amide bonds. The number of aromatic nitrogens is 2. The summed E-state index contributed by atoms with van der Waals surface area (Å²) in [5, 5.41) is 6.00. The maximum atomic E-state index is 12.5. The third kappa shape index (κ3) is 3.78. The second-order valence-corrected chi connectivity index (χ2v) is 5.92. The number of thiazole rings is 1. The lowest BCUT2D eigenvalue weighted by atomic mass is 10.1. The lowest BCUT2D eigenvalue weighted by Crippen LogP contribution is -2.26. The molecule has 5 nitrogen and oxygen atoms in total. The summed E-state index contributed by atoms with van der Waals surface area (Å²) in [7, 11) is 3.60. The summed E-state index contributed by atoms with van der Waals surface area (Å²) in [6, 6.07) is 3.64. The van der Waals surface area contributed by atoms with Crippen LogP contribution in [0.3, 0.4) is 0 Å². The van der Waals surface area contributed by atoms with Gasteiger partial charge in [0.2, 0.25) is 0 Å². The number of aryl methyl sites for hydroxylation is 2. The Hall–Kier alpha value is -1.95. The highest BCUT2D eigenvalue weighted by atomic mass is 32.1. The number of nitrogens with one attached hydrogen (secondary N) is 1. The number of hydrogen-bond acceptors (Lipinski definition) is 5. The molecule has 2 aromatic heterocycles. The summed E-state index contributed by atoms with van der Waals surface area (Å²) in [5.41, 5.74) is 2.48. The molecule has 0 fully saturated rings. The van der Waals surface area contributed by atoms with Crippen molar-refractivity contribution in [3.05, 3.63) is 39.5 Å². The average molecular weight is 304 g/mol. The number of anilines is 1. The molecule has 0 saturated carbocycles. The Morgan fingerprint density at radius 3 is 2.67 bits per heavy atom. The van der Waals surface area contributed by atoms with E-state index < -0.39 is 0 Å². The first-order valence-electron chi connectivity index (χ1n) is 6.88. The van der Waals surface area contributed by atoms with Crippen LogP contribution in [0.4, 0.5) is 5.82 Å².